The van der Waals surface area contributed by atoms with E-state index in [1.807, 2.05) is 0 Å². The van der Waals surface area contributed by atoms with Gasteiger partial charge in [0.2, 0.25) is 0 Å². The number of rotatable bonds is 4. The second-order valence-electron chi connectivity index (χ2n) is 6.29. The normalized spacial score (nSPS) is 26.6. The molecule has 0 aromatic carbocycles. The van der Waals surface area contributed by atoms with Gasteiger partial charge in [-0.2, -0.15) is 0 Å². The predicted octanol–water partition coefficient (Wildman–Crippen LogP) is 2.00. The van der Waals surface area contributed by atoms with Crippen LogP contribution >= 0.6 is 0 Å². The van der Waals surface area contributed by atoms with Crippen molar-refractivity contribution in [2.24, 2.45) is 5.73 Å². The van der Waals surface area contributed by atoms with E-state index in [1.54, 1.807) is 0 Å². The minimum atomic E-state index is -0.0436. The summed E-state index contributed by atoms with van der Waals surface area (Å²) in [6.07, 6.45) is 2.15. The summed E-state index contributed by atoms with van der Waals surface area (Å²) >= 11 is 0. The summed E-state index contributed by atoms with van der Waals surface area (Å²) in [6, 6.07) is 0.342. The molecular formula is C13H28N2O. The first kappa shape index (κ1) is 13.9. The molecule has 3 heteroatoms. The SMILES string of the molecule is CCC(N)CCN1CC(C)(C)OC(C)(C)C1. The molecule has 0 amide bonds. The highest BCUT2D eigenvalue weighted by molar-refractivity contribution is 4.89. The highest BCUT2D eigenvalue weighted by Gasteiger charge is 2.37. The maximum Gasteiger partial charge on any atom is 0.0760 e. The molecule has 0 aromatic rings. The molecule has 16 heavy (non-hydrogen) atoms. The lowest BCUT2D eigenvalue weighted by Gasteiger charge is -2.47. The van der Waals surface area contributed by atoms with E-state index in [2.05, 4.69) is 39.5 Å². The molecule has 0 bridgehead atoms. The van der Waals surface area contributed by atoms with Gasteiger partial charge in [-0.3, -0.25) is 4.90 Å². The molecule has 1 aliphatic heterocycles. The topological polar surface area (TPSA) is 38.5 Å². The van der Waals surface area contributed by atoms with E-state index in [4.69, 9.17) is 10.5 Å². The molecule has 0 spiro atoms. The van der Waals surface area contributed by atoms with Gasteiger partial charge in [-0.15, -0.1) is 0 Å². The molecular weight excluding hydrogens is 200 g/mol. The van der Waals surface area contributed by atoms with E-state index in [0.717, 1.165) is 32.5 Å². The predicted molar refractivity (Wildman–Crippen MR) is 68.6 cm³/mol. The van der Waals surface area contributed by atoms with Gasteiger partial charge < -0.3 is 10.5 Å². The summed E-state index contributed by atoms with van der Waals surface area (Å²) in [5.41, 5.74) is 5.88. The maximum atomic E-state index is 6.05. The van der Waals surface area contributed by atoms with Gasteiger partial charge >= 0.3 is 0 Å². The van der Waals surface area contributed by atoms with E-state index < -0.39 is 0 Å². The molecule has 3 nitrogen and oxygen atoms in total. The van der Waals surface area contributed by atoms with Gasteiger partial charge in [0.25, 0.3) is 0 Å². The minimum absolute atomic E-state index is 0.0436. The van der Waals surface area contributed by atoms with E-state index in [1.165, 1.54) is 0 Å². The average molecular weight is 228 g/mol. The van der Waals surface area contributed by atoms with Gasteiger partial charge in [-0.1, -0.05) is 6.92 Å². The van der Waals surface area contributed by atoms with E-state index in [-0.39, 0.29) is 11.2 Å². The third-order valence-corrected chi connectivity index (χ3v) is 3.10. The molecule has 0 aliphatic carbocycles. The Bertz CT molecular complexity index is 210. The largest absolute Gasteiger partial charge is 0.367 e. The van der Waals surface area contributed by atoms with Crippen LogP contribution in [0.3, 0.4) is 0 Å². The lowest BCUT2D eigenvalue weighted by molar-refractivity contribution is -0.180. The second-order valence-corrected chi connectivity index (χ2v) is 6.29. The minimum Gasteiger partial charge on any atom is -0.367 e. The molecule has 0 saturated carbocycles. The van der Waals surface area contributed by atoms with Crippen molar-refractivity contribution in [1.29, 1.82) is 0 Å². The summed E-state index contributed by atoms with van der Waals surface area (Å²) in [7, 11) is 0. The van der Waals surface area contributed by atoms with Crippen LogP contribution < -0.4 is 5.73 Å². The van der Waals surface area contributed by atoms with Gasteiger partial charge in [-0.05, 0) is 47.1 Å². The van der Waals surface area contributed by atoms with Gasteiger partial charge in [-0.25, -0.2) is 0 Å². The van der Waals surface area contributed by atoms with Crippen molar-refractivity contribution >= 4 is 0 Å². The first-order chi connectivity index (χ1) is 7.24. The second kappa shape index (κ2) is 5.03. The number of nitrogens with zero attached hydrogens (tertiary/aromatic N) is 1. The van der Waals surface area contributed by atoms with Crippen LogP contribution in [0, 0.1) is 0 Å². The molecule has 1 heterocycles. The highest BCUT2D eigenvalue weighted by Crippen LogP contribution is 2.28. The quantitative estimate of drug-likeness (QED) is 0.800. The molecule has 1 rings (SSSR count). The number of morpholine rings is 1. The first-order valence-corrected chi connectivity index (χ1v) is 6.42. The Morgan fingerprint density at radius 3 is 2.12 bits per heavy atom. The lowest BCUT2D eigenvalue weighted by Crippen LogP contribution is -2.57. The summed E-state index contributed by atoms with van der Waals surface area (Å²) in [5, 5.41) is 0. The molecule has 1 saturated heterocycles. The van der Waals surface area contributed by atoms with Crippen molar-refractivity contribution in [3.05, 3.63) is 0 Å². The van der Waals surface area contributed by atoms with Crippen molar-refractivity contribution in [3.63, 3.8) is 0 Å². The molecule has 1 fully saturated rings. The zero-order valence-electron chi connectivity index (χ0n) is 11.5. The third kappa shape index (κ3) is 4.40. The Balaban J connectivity index is 2.48. The highest BCUT2D eigenvalue weighted by atomic mass is 16.5. The fraction of sp³-hybridized carbons (Fsp3) is 1.00. The van der Waals surface area contributed by atoms with Crippen molar-refractivity contribution < 1.29 is 4.74 Å². The lowest BCUT2D eigenvalue weighted by atomic mass is 9.98. The standard InChI is InChI=1S/C13H28N2O/c1-6-11(14)7-8-15-9-12(2,3)16-13(4,5)10-15/h11H,6-10,14H2,1-5H3. The van der Waals surface area contributed by atoms with Gasteiger partial charge in [0.05, 0.1) is 11.2 Å². The molecule has 2 N–H and O–H groups in total. The van der Waals surface area contributed by atoms with E-state index in [0.29, 0.717) is 6.04 Å². The van der Waals surface area contributed by atoms with Crippen molar-refractivity contribution in [3.8, 4) is 0 Å². The van der Waals surface area contributed by atoms with Crippen LogP contribution in [0.15, 0.2) is 0 Å². The third-order valence-electron chi connectivity index (χ3n) is 3.10. The van der Waals surface area contributed by atoms with Gasteiger partial charge in [0.1, 0.15) is 0 Å². The zero-order chi connectivity index (χ0) is 12.4. The molecule has 1 atom stereocenters. The molecule has 0 aromatic heterocycles. The molecule has 1 unspecified atom stereocenters. The average Bonchev–Trinajstić information content (AvgIpc) is 2.09. The van der Waals surface area contributed by atoms with Gasteiger partial charge in [0.15, 0.2) is 0 Å². The van der Waals surface area contributed by atoms with Crippen LogP contribution in [0.2, 0.25) is 0 Å². The Morgan fingerprint density at radius 2 is 1.69 bits per heavy atom. The number of ether oxygens (including phenoxy) is 1. The summed E-state index contributed by atoms with van der Waals surface area (Å²) in [4.78, 5) is 2.49. The van der Waals surface area contributed by atoms with Crippen LogP contribution in [-0.4, -0.2) is 41.8 Å². The Kier molecular flexibility index (Phi) is 4.38. The van der Waals surface area contributed by atoms with Crippen LogP contribution in [0.1, 0.15) is 47.5 Å². The Hall–Kier alpha value is -0.120. The van der Waals surface area contributed by atoms with Crippen LogP contribution in [0.4, 0.5) is 0 Å². The van der Waals surface area contributed by atoms with Crippen LogP contribution in [-0.2, 0) is 4.74 Å². The summed E-state index contributed by atoms with van der Waals surface area (Å²) in [5.74, 6) is 0. The van der Waals surface area contributed by atoms with Crippen molar-refractivity contribution in [2.45, 2.75) is 64.7 Å². The fourth-order valence-electron chi connectivity index (χ4n) is 2.66. The van der Waals surface area contributed by atoms with Crippen molar-refractivity contribution in [1.82, 2.24) is 4.90 Å². The smallest absolute Gasteiger partial charge is 0.0760 e. The fourth-order valence-corrected chi connectivity index (χ4v) is 2.66. The summed E-state index contributed by atoms with van der Waals surface area (Å²) in [6.45, 7) is 13.9. The molecule has 0 radical (unpaired) electrons. The summed E-state index contributed by atoms with van der Waals surface area (Å²) < 4.78 is 6.05. The monoisotopic (exact) mass is 228 g/mol. The maximum absolute atomic E-state index is 6.05. The Labute approximate surface area is 100 Å². The number of hydrogen-bond acceptors (Lipinski definition) is 3. The van der Waals surface area contributed by atoms with E-state index >= 15 is 0 Å². The van der Waals surface area contributed by atoms with Crippen LogP contribution in [0.5, 0.6) is 0 Å². The van der Waals surface area contributed by atoms with Gasteiger partial charge in [0, 0.05) is 19.1 Å². The van der Waals surface area contributed by atoms with E-state index in [9.17, 15) is 0 Å². The Morgan fingerprint density at radius 1 is 1.19 bits per heavy atom. The first-order valence-electron chi connectivity index (χ1n) is 6.42. The molecule has 96 valence electrons. The zero-order valence-corrected chi connectivity index (χ0v) is 11.5. The van der Waals surface area contributed by atoms with Crippen LogP contribution in [0.25, 0.3) is 0 Å². The number of nitrogens with two attached hydrogens (primary N) is 1. The van der Waals surface area contributed by atoms with Crippen molar-refractivity contribution in [2.75, 3.05) is 19.6 Å². The molecule has 1 aliphatic rings. The number of hydrogen-bond donors (Lipinski definition) is 1.